The van der Waals surface area contributed by atoms with E-state index in [0.29, 0.717) is 41.1 Å². The number of benzene rings is 1. The predicted octanol–water partition coefficient (Wildman–Crippen LogP) is 2.54. The molecule has 9 heteroatoms. The maximum atomic E-state index is 9.89. The molecule has 0 amide bonds. The summed E-state index contributed by atoms with van der Waals surface area (Å²) in [5, 5.41) is 25.8. The van der Waals surface area contributed by atoms with Crippen LogP contribution >= 0.6 is 0 Å². The Labute approximate surface area is 173 Å². The van der Waals surface area contributed by atoms with Gasteiger partial charge in [0.15, 0.2) is 0 Å². The van der Waals surface area contributed by atoms with Crippen molar-refractivity contribution in [2.45, 2.75) is 19.3 Å². The minimum atomic E-state index is -0.461. The lowest BCUT2D eigenvalue weighted by atomic mass is 9.83. The third-order valence-corrected chi connectivity index (χ3v) is 5.18. The van der Waals surface area contributed by atoms with Crippen LogP contribution in [-0.2, 0) is 5.41 Å². The van der Waals surface area contributed by atoms with Gasteiger partial charge in [-0.15, -0.1) is 0 Å². The molecule has 0 spiro atoms. The molecule has 0 bridgehead atoms. The number of nitriles is 1. The lowest BCUT2D eigenvalue weighted by Gasteiger charge is -2.21. The maximum absolute atomic E-state index is 9.89. The highest BCUT2D eigenvalue weighted by Crippen LogP contribution is 2.41. The molecule has 0 saturated heterocycles. The highest BCUT2D eigenvalue weighted by Gasteiger charge is 2.35. The first kappa shape index (κ1) is 19.5. The van der Waals surface area contributed by atoms with Crippen LogP contribution < -0.4 is 15.4 Å². The summed E-state index contributed by atoms with van der Waals surface area (Å²) in [7, 11) is 1.53. The summed E-state index contributed by atoms with van der Waals surface area (Å²) in [4.78, 5) is 17.3. The molecule has 2 aromatic heterocycles. The summed E-state index contributed by atoms with van der Waals surface area (Å²) in [6.45, 7) is 4.29. The number of fused-ring (bicyclic) bond motifs is 1. The van der Waals surface area contributed by atoms with Gasteiger partial charge in [-0.05, 0) is 30.7 Å². The lowest BCUT2D eigenvalue weighted by Crippen LogP contribution is -2.28. The minimum absolute atomic E-state index is 0.0227. The largest absolute Gasteiger partial charge is 0.479 e. The van der Waals surface area contributed by atoms with Crippen LogP contribution in [0.1, 0.15) is 23.9 Å². The van der Waals surface area contributed by atoms with Crippen LogP contribution in [0.4, 0.5) is 17.3 Å². The first-order chi connectivity index (χ1) is 14.5. The SMILES string of the molecule is COc1nc(C)ncc1Nc1nccc(-c2cc(C#N)c3c(c2)[C@@](C)(CO)CN3)n1. The second kappa shape index (κ2) is 7.57. The van der Waals surface area contributed by atoms with Crippen LogP contribution in [0.5, 0.6) is 5.88 Å². The average Bonchev–Trinajstić information content (AvgIpc) is 3.12. The van der Waals surface area contributed by atoms with Crippen molar-refractivity contribution in [3.8, 4) is 23.2 Å². The fraction of sp³-hybridized carbons (Fsp3) is 0.286. The summed E-state index contributed by atoms with van der Waals surface area (Å²) in [5.74, 6) is 1.33. The van der Waals surface area contributed by atoms with Crippen LogP contribution in [0.3, 0.4) is 0 Å². The summed E-state index contributed by atoms with van der Waals surface area (Å²) in [6.07, 6.45) is 3.24. The molecule has 0 fully saturated rings. The number of rotatable bonds is 5. The lowest BCUT2D eigenvalue weighted by molar-refractivity contribution is 0.219. The maximum Gasteiger partial charge on any atom is 0.240 e. The van der Waals surface area contributed by atoms with Gasteiger partial charge in [0.2, 0.25) is 11.8 Å². The van der Waals surface area contributed by atoms with E-state index in [1.54, 1.807) is 31.5 Å². The van der Waals surface area contributed by atoms with Crippen LogP contribution in [0.2, 0.25) is 0 Å². The Hall–Kier alpha value is -3.77. The number of aromatic nitrogens is 4. The number of methoxy groups -OCH3 is 1. The molecule has 9 nitrogen and oxygen atoms in total. The normalized spacial score (nSPS) is 17.0. The van der Waals surface area contributed by atoms with E-state index in [1.807, 2.05) is 13.0 Å². The number of aliphatic hydroxyl groups is 1. The third kappa shape index (κ3) is 3.38. The number of hydrogen-bond acceptors (Lipinski definition) is 9. The van der Waals surface area contributed by atoms with E-state index >= 15 is 0 Å². The molecule has 3 heterocycles. The van der Waals surface area contributed by atoms with Crippen LogP contribution in [0.25, 0.3) is 11.3 Å². The van der Waals surface area contributed by atoms with Gasteiger partial charge >= 0.3 is 0 Å². The van der Waals surface area contributed by atoms with Gasteiger partial charge in [0.05, 0.1) is 36.9 Å². The Morgan fingerprint density at radius 1 is 1.33 bits per heavy atom. The molecule has 3 aromatic rings. The Balaban J connectivity index is 1.73. The van der Waals surface area contributed by atoms with Gasteiger partial charge in [-0.3, -0.25) is 0 Å². The van der Waals surface area contributed by atoms with Gasteiger partial charge in [0.1, 0.15) is 17.6 Å². The van der Waals surface area contributed by atoms with Crippen molar-refractivity contribution in [3.05, 3.63) is 47.5 Å². The Morgan fingerprint density at radius 2 is 2.17 bits per heavy atom. The molecule has 152 valence electrons. The van der Waals surface area contributed by atoms with Crippen molar-refractivity contribution >= 4 is 17.3 Å². The molecule has 1 aliphatic heterocycles. The van der Waals surface area contributed by atoms with Crippen molar-refractivity contribution in [1.82, 2.24) is 19.9 Å². The predicted molar refractivity (Wildman–Crippen MR) is 112 cm³/mol. The molecule has 0 radical (unpaired) electrons. The summed E-state index contributed by atoms with van der Waals surface area (Å²) in [5.41, 5.74) is 3.69. The quantitative estimate of drug-likeness (QED) is 0.588. The van der Waals surface area contributed by atoms with Gasteiger partial charge in [-0.25, -0.2) is 15.0 Å². The summed E-state index contributed by atoms with van der Waals surface area (Å²) < 4.78 is 5.29. The Bertz CT molecular complexity index is 1160. The van der Waals surface area contributed by atoms with Crippen molar-refractivity contribution in [2.24, 2.45) is 0 Å². The second-order valence-electron chi connectivity index (χ2n) is 7.36. The molecule has 0 unspecified atom stereocenters. The summed E-state index contributed by atoms with van der Waals surface area (Å²) in [6, 6.07) is 7.77. The second-order valence-corrected chi connectivity index (χ2v) is 7.36. The van der Waals surface area contributed by atoms with Crippen LogP contribution in [0, 0.1) is 18.3 Å². The smallest absolute Gasteiger partial charge is 0.240 e. The number of aliphatic hydroxyl groups excluding tert-OH is 1. The van der Waals surface area contributed by atoms with E-state index in [2.05, 4.69) is 36.6 Å². The number of aryl methyl sites for hydroxylation is 1. The first-order valence-electron chi connectivity index (χ1n) is 9.39. The zero-order chi connectivity index (χ0) is 21.3. The molecule has 30 heavy (non-hydrogen) atoms. The van der Waals surface area contributed by atoms with E-state index in [9.17, 15) is 10.4 Å². The molecule has 0 saturated carbocycles. The van der Waals surface area contributed by atoms with E-state index in [1.165, 1.54) is 7.11 Å². The van der Waals surface area contributed by atoms with Gasteiger partial charge in [-0.2, -0.15) is 10.2 Å². The van der Waals surface area contributed by atoms with Crippen molar-refractivity contribution < 1.29 is 9.84 Å². The number of anilines is 3. The zero-order valence-electron chi connectivity index (χ0n) is 16.9. The van der Waals surface area contributed by atoms with E-state index in [-0.39, 0.29) is 6.61 Å². The molecule has 0 aliphatic carbocycles. The fourth-order valence-corrected chi connectivity index (χ4v) is 3.46. The van der Waals surface area contributed by atoms with E-state index in [4.69, 9.17) is 4.74 Å². The van der Waals surface area contributed by atoms with E-state index < -0.39 is 5.41 Å². The molecular weight excluding hydrogens is 382 g/mol. The third-order valence-electron chi connectivity index (χ3n) is 5.18. The number of nitrogens with one attached hydrogen (secondary N) is 2. The Morgan fingerprint density at radius 3 is 2.90 bits per heavy atom. The zero-order valence-corrected chi connectivity index (χ0v) is 16.9. The molecule has 1 aromatic carbocycles. The number of ether oxygens (including phenoxy) is 1. The first-order valence-corrected chi connectivity index (χ1v) is 9.39. The highest BCUT2D eigenvalue weighted by atomic mass is 16.5. The van der Waals surface area contributed by atoms with Crippen molar-refractivity contribution in [1.29, 1.82) is 5.26 Å². The number of nitrogens with zero attached hydrogens (tertiary/aromatic N) is 5. The van der Waals surface area contributed by atoms with Crippen LogP contribution in [0.15, 0.2) is 30.6 Å². The fourth-order valence-electron chi connectivity index (χ4n) is 3.46. The highest BCUT2D eigenvalue weighted by molar-refractivity contribution is 5.76. The molecule has 1 atom stereocenters. The average molecular weight is 403 g/mol. The van der Waals surface area contributed by atoms with Gasteiger partial charge in [-0.1, -0.05) is 6.92 Å². The van der Waals surface area contributed by atoms with Crippen LogP contribution in [-0.4, -0.2) is 45.3 Å². The monoisotopic (exact) mass is 403 g/mol. The van der Waals surface area contributed by atoms with Crippen molar-refractivity contribution in [3.63, 3.8) is 0 Å². The van der Waals surface area contributed by atoms with Gasteiger partial charge in [0.25, 0.3) is 0 Å². The molecule has 4 rings (SSSR count). The number of hydrogen-bond donors (Lipinski definition) is 3. The molecule has 1 aliphatic rings. The standard InChI is InChI=1S/C21H21N7O2/c1-12-24-9-17(19(26-12)30-3)28-20-23-5-4-16(27-20)13-6-14(8-22)18-15(7-13)21(2,11-29)10-25-18/h4-7,9,25,29H,10-11H2,1-3H3,(H,23,27,28)/t21-/m1/s1. The van der Waals surface area contributed by atoms with Gasteiger partial charge in [0, 0.05) is 23.7 Å². The topological polar surface area (TPSA) is 129 Å². The van der Waals surface area contributed by atoms with Crippen molar-refractivity contribution in [2.75, 3.05) is 30.9 Å². The molecular formula is C21H21N7O2. The molecule has 3 N–H and O–H groups in total. The summed E-state index contributed by atoms with van der Waals surface area (Å²) >= 11 is 0. The Kier molecular flexibility index (Phi) is 4.93. The minimum Gasteiger partial charge on any atom is -0.479 e. The van der Waals surface area contributed by atoms with Gasteiger partial charge < -0.3 is 20.5 Å². The van der Waals surface area contributed by atoms with E-state index in [0.717, 1.165) is 16.8 Å².